The number of methoxy groups -OCH3 is 1. The van der Waals surface area contributed by atoms with E-state index in [0.29, 0.717) is 17.2 Å². The summed E-state index contributed by atoms with van der Waals surface area (Å²) >= 11 is 0. The van der Waals surface area contributed by atoms with E-state index in [-0.39, 0.29) is 34.9 Å². The zero-order chi connectivity index (χ0) is 26.0. The maximum atomic E-state index is 14.5. The molecule has 1 fully saturated rings. The third-order valence-corrected chi connectivity index (χ3v) is 6.63. The number of amides is 1. The van der Waals surface area contributed by atoms with Crippen LogP contribution in [-0.4, -0.2) is 39.3 Å². The Morgan fingerprint density at radius 2 is 2.17 bits per heavy atom. The molecule has 2 aliphatic rings. The summed E-state index contributed by atoms with van der Waals surface area (Å²) in [4.78, 5) is 22.8. The number of hydrogen-bond donors (Lipinski definition) is 3. The van der Waals surface area contributed by atoms with Gasteiger partial charge < -0.3 is 26.4 Å². The van der Waals surface area contributed by atoms with E-state index < -0.39 is 11.7 Å². The molecule has 36 heavy (non-hydrogen) atoms. The van der Waals surface area contributed by atoms with Gasteiger partial charge in [-0.15, -0.1) is 0 Å². The smallest absolute Gasteiger partial charge is 0.251 e. The van der Waals surface area contributed by atoms with Gasteiger partial charge in [-0.2, -0.15) is 5.26 Å². The lowest BCUT2D eigenvalue weighted by Crippen LogP contribution is -2.47. The molecule has 1 aliphatic carbocycles. The highest BCUT2D eigenvalue weighted by Crippen LogP contribution is 2.41. The molecule has 2 aromatic rings. The number of anilines is 1. The minimum Gasteiger partial charge on any atom is -0.495 e. The summed E-state index contributed by atoms with van der Waals surface area (Å²) in [6, 6.07) is 4.60. The van der Waals surface area contributed by atoms with Gasteiger partial charge >= 0.3 is 0 Å². The molecule has 1 aromatic heterocycles. The fourth-order valence-electron chi connectivity index (χ4n) is 5.06. The summed E-state index contributed by atoms with van der Waals surface area (Å²) in [6.07, 6.45) is 7.90. The summed E-state index contributed by atoms with van der Waals surface area (Å²) < 4.78 is 21.6. The Morgan fingerprint density at radius 3 is 2.75 bits per heavy atom. The highest BCUT2D eigenvalue weighted by molar-refractivity contribution is 6.18. The Labute approximate surface area is 208 Å². The van der Waals surface area contributed by atoms with Crippen LogP contribution >= 0.6 is 0 Å². The van der Waals surface area contributed by atoms with Crippen LogP contribution in [-0.2, 0) is 0 Å². The number of nitrogens with two attached hydrogens (primary N) is 2. The van der Waals surface area contributed by atoms with Crippen LogP contribution < -0.4 is 21.5 Å². The summed E-state index contributed by atoms with van der Waals surface area (Å²) in [5, 5.41) is 12.7. The normalized spacial score (nSPS) is 19.8. The molecule has 0 radical (unpaired) electrons. The first-order valence-corrected chi connectivity index (χ1v) is 11.7. The van der Waals surface area contributed by atoms with Crippen LogP contribution in [0.25, 0.3) is 5.70 Å². The number of fused-ring (bicyclic) bond motifs is 1. The van der Waals surface area contributed by atoms with Crippen molar-refractivity contribution >= 4 is 23.1 Å². The van der Waals surface area contributed by atoms with Crippen molar-refractivity contribution in [1.29, 1.82) is 5.26 Å². The highest BCUT2D eigenvalue weighted by atomic mass is 19.1. The number of carbonyl (C=O) groups is 1. The summed E-state index contributed by atoms with van der Waals surface area (Å²) in [5.74, 6) is -0.703. The second-order valence-electron chi connectivity index (χ2n) is 8.69. The van der Waals surface area contributed by atoms with E-state index >= 15 is 0 Å². The highest BCUT2D eigenvalue weighted by Gasteiger charge is 2.40. The Kier molecular flexibility index (Phi) is 6.96. The monoisotopic (exact) mass is 492 g/mol. The predicted octanol–water partition coefficient (Wildman–Crippen LogP) is 3.45. The molecular formula is C25H29FN8O2. The molecule has 1 saturated carbocycles. The largest absolute Gasteiger partial charge is 0.495 e. The van der Waals surface area contributed by atoms with E-state index in [1.165, 1.54) is 19.4 Å². The third-order valence-electron chi connectivity index (χ3n) is 6.63. The standard InChI is InChI=1S/C25H29FN8O2/c1-4-20-23-19(11-27)30-13-33(23)21(12-28)25(34(20)15-7-5-6-8-15)32-14(2)31-18-10-17(26)16(24(29)35)9-22(18)36-3/h9-10,12-13,15,20,31H,2,4-8,28H2,1,3H3,(H2,29,35)/b21-12+,32-25?/t20-/m1/s1. The molecule has 0 spiro atoms. The summed E-state index contributed by atoms with van der Waals surface area (Å²) in [7, 11) is 1.40. The van der Waals surface area contributed by atoms with Gasteiger partial charge in [-0.05, 0) is 25.3 Å². The molecule has 1 atom stereocenters. The predicted molar refractivity (Wildman–Crippen MR) is 134 cm³/mol. The number of aromatic nitrogens is 2. The van der Waals surface area contributed by atoms with Crippen molar-refractivity contribution in [3.05, 3.63) is 59.8 Å². The van der Waals surface area contributed by atoms with Crippen LogP contribution in [0.15, 0.2) is 42.1 Å². The second kappa shape index (κ2) is 10.1. The van der Waals surface area contributed by atoms with Gasteiger partial charge in [-0.25, -0.2) is 14.4 Å². The average Bonchev–Trinajstić information content (AvgIpc) is 3.53. The molecule has 2 heterocycles. The SMILES string of the molecule is C=C(N=C1/C(=C\N)n2cnc(C#N)c2[C@@H](CC)N1C1CCCC1)Nc1cc(F)c(C(N)=O)cc1OC. The molecule has 0 bridgehead atoms. The number of carbonyl (C=O) groups excluding carboxylic acids is 1. The molecule has 1 aliphatic heterocycles. The molecule has 188 valence electrons. The Morgan fingerprint density at radius 1 is 1.44 bits per heavy atom. The zero-order valence-corrected chi connectivity index (χ0v) is 20.3. The lowest BCUT2D eigenvalue weighted by Gasteiger charge is -2.43. The fourth-order valence-corrected chi connectivity index (χ4v) is 5.06. The van der Waals surface area contributed by atoms with Crippen molar-refractivity contribution in [2.75, 3.05) is 12.4 Å². The van der Waals surface area contributed by atoms with Crippen molar-refractivity contribution in [3.63, 3.8) is 0 Å². The number of aliphatic imine (C=N–C) groups is 1. The molecule has 11 heteroatoms. The molecule has 5 N–H and O–H groups in total. The van der Waals surface area contributed by atoms with E-state index in [1.807, 2.05) is 0 Å². The minimum absolute atomic E-state index is 0.137. The quantitative estimate of drug-likeness (QED) is 0.536. The van der Waals surface area contributed by atoms with Gasteiger partial charge in [0.1, 0.15) is 35.5 Å². The van der Waals surface area contributed by atoms with Crippen LogP contribution in [0.3, 0.4) is 0 Å². The number of imidazole rings is 1. The molecule has 10 nitrogen and oxygen atoms in total. The number of amidine groups is 1. The molecule has 0 saturated heterocycles. The number of nitrogens with zero attached hydrogens (tertiary/aromatic N) is 5. The Bertz CT molecular complexity index is 1300. The first kappa shape index (κ1) is 24.8. The number of hydrogen-bond acceptors (Lipinski definition) is 7. The van der Waals surface area contributed by atoms with Crippen LogP contribution in [0.5, 0.6) is 5.75 Å². The van der Waals surface area contributed by atoms with Crippen LogP contribution in [0.4, 0.5) is 10.1 Å². The van der Waals surface area contributed by atoms with Crippen molar-refractivity contribution in [1.82, 2.24) is 14.5 Å². The molecule has 0 unspecified atom stereocenters. The number of nitriles is 1. The lowest BCUT2D eigenvalue weighted by molar-refractivity contribution is 0.0996. The van der Waals surface area contributed by atoms with E-state index in [2.05, 4.69) is 34.8 Å². The van der Waals surface area contributed by atoms with Gasteiger partial charge in [0, 0.05) is 18.3 Å². The minimum atomic E-state index is -0.901. The Hall–Kier alpha value is -4.33. The molecule has 4 rings (SSSR count). The summed E-state index contributed by atoms with van der Waals surface area (Å²) in [5.41, 5.74) is 13.0. The van der Waals surface area contributed by atoms with Crippen molar-refractivity contribution in [2.24, 2.45) is 16.5 Å². The second-order valence-corrected chi connectivity index (χ2v) is 8.69. The van der Waals surface area contributed by atoms with Crippen molar-refractivity contribution < 1.29 is 13.9 Å². The topological polar surface area (TPSA) is 148 Å². The van der Waals surface area contributed by atoms with Crippen molar-refractivity contribution in [2.45, 2.75) is 51.1 Å². The van der Waals surface area contributed by atoms with Crippen molar-refractivity contribution in [3.8, 4) is 11.8 Å². The number of halogens is 1. The molecular weight excluding hydrogens is 463 g/mol. The first-order chi connectivity index (χ1) is 17.3. The molecule has 1 amide bonds. The Balaban J connectivity index is 1.79. The number of benzene rings is 1. The number of primary amides is 1. The van der Waals surface area contributed by atoms with E-state index in [4.69, 9.17) is 21.2 Å². The van der Waals surface area contributed by atoms with E-state index in [1.54, 1.807) is 10.9 Å². The van der Waals surface area contributed by atoms with Gasteiger partial charge in [0.15, 0.2) is 11.5 Å². The number of ether oxygens (including phenoxy) is 1. The lowest BCUT2D eigenvalue weighted by atomic mass is 9.99. The first-order valence-electron chi connectivity index (χ1n) is 11.7. The van der Waals surface area contributed by atoms with E-state index in [0.717, 1.165) is 43.9 Å². The fraction of sp³-hybridized carbons (Fsp3) is 0.360. The molecule has 1 aromatic carbocycles. The number of nitrogens with one attached hydrogen (secondary N) is 1. The zero-order valence-electron chi connectivity index (χ0n) is 20.3. The van der Waals surface area contributed by atoms with Gasteiger partial charge in [0.2, 0.25) is 0 Å². The van der Waals surface area contributed by atoms with Crippen LogP contribution in [0, 0.1) is 17.1 Å². The summed E-state index contributed by atoms with van der Waals surface area (Å²) in [6.45, 7) is 6.08. The van der Waals surface area contributed by atoms with Gasteiger partial charge in [0.05, 0.1) is 30.1 Å². The third kappa shape index (κ3) is 4.26. The van der Waals surface area contributed by atoms with Gasteiger partial charge in [0.25, 0.3) is 5.91 Å². The number of rotatable bonds is 7. The van der Waals surface area contributed by atoms with E-state index in [9.17, 15) is 14.4 Å². The maximum Gasteiger partial charge on any atom is 0.251 e. The van der Waals surface area contributed by atoms with Crippen LogP contribution in [0.2, 0.25) is 0 Å². The average molecular weight is 493 g/mol. The van der Waals surface area contributed by atoms with Gasteiger partial charge in [-0.1, -0.05) is 26.3 Å². The van der Waals surface area contributed by atoms with Crippen LogP contribution in [0.1, 0.15) is 66.8 Å². The maximum absolute atomic E-state index is 14.5. The van der Waals surface area contributed by atoms with Gasteiger partial charge in [-0.3, -0.25) is 9.36 Å².